The molecule has 1 aliphatic rings. The molecule has 1 nitrogen and oxygen atoms in total. The fourth-order valence-electron chi connectivity index (χ4n) is 4.36. The molecule has 3 heterocycles. The van der Waals surface area contributed by atoms with Crippen LogP contribution in [0.1, 0.15) is 18.5 Å². The normalized spacial score (nSPS) is 15.8. The van der Waals surface area contributed by atoms with Crippen LogP contribution < -0.4 is 4.57 Å². The van der Waals surface area contributed by atoms with Gasteiger partial charge in [0.15, 0.2) is 6.04 Å². The Morgan fingerprint density at radius 1 is 0.800 bits per heavy atom. The van der Waals surface area contributed by atoms with Crippen molar-refractivity contribution in [3.63, 3.8) is 0 Å². The van der Waals surface area contributed by atoms with Gasteiger partial charge in [0, 0.05) is 50.2 Å². The molecule has 118 valence electrons. The van der Waals surface area contributed by atoms with Crippen LogP contribution in [0.4, 0.5) is 0 Å². The topological polar surface area (TPSA) is 3.88 Å². The maximum Gasteiger partial charge on any atom is 0.214 e. The zero-order valence-electron chi connectivity index (χ0n) is 13.9. The van der Waals surface area contributed by atoms with Crippen LogP contribution >= 0.6 is 11.3 Å². The highest BCUT2D eigenvalue weighted by Gasteiger charge is 2.35. The quantitative estimate of drug-likeness (QED) is 0.301. The number of rotatable bonds is 0. The van der Waals surface area contributed by atoms with Crippen molar-refractivity contribution in [3.05, 3.63) is 78.4 Å². The summed E-state index contributed by atoms with van der Waals surface area (Å²) in [6.07, 6.45) is 0. The Morgan fingerprint density at radius 2 is 1.64 bits per heavy atom. The molecule has 0 fully saturated rings. The molecular formula is C23H16NS+. The first-order valence-corrected chi connectivity index (χ1v) is 9.52. The molecule has 3 aromatic carbocycles. The minimum Gasteiger partial charge on any atom is -0.184 e. The molecule has 0 spiro atoms. The van der Waals surface area contributed by atoms with Crippen molar-refractivity contribution in [2.45, 2.75) is 13.0 Å². The first-order valence-electron chi connectivity index (χ1n) is 8.70. The SMILES string of the molecule is CC1c2cc3sc4ccccc4c3cc2-c2ccc3ccccc3[n+]21. The van der Waals surface area contributed by atoms with E-state index in [4.69, 9.17) is 0 Å². The van der Waals surface area contributed by atoms with E-state index in [9.17, 15) is 0 Å². The van der Waals surface area contributed by atoms with Crippen molar-refractivity contribution in [1.29, 1.82) is 0 Å². The molecule has 2 heteroatoms. The highest BCUT2D eigenvalue weighted by Crippen LogP contribution is 2.42. The fourth-order valence-corrected chi connectivity index (χ4v) is 5.49. The number of hydrogen-bond donors (Lipinski definition) is 0. The third-order valence-corrected chi connectivity index (χ3v) is 6.67. The third kappa shape index (κ3) is 1.70. The van der Waals surface area contributed by atoms with Crippen LogP contribution in [0.3, 0.4) is 0 Å². The molecule has 25 heavy (non-hydrogen) atoms. The molecule has 0 N–H and O–H groups in total. The Balaban J connectivity index is 1.74. The zero-order valence-corrected chi connectivity index (χ0v) is 14.7. The average molecular weight is 338 g/mol. The van der Waals surface area contributed by atoms with Crippen LogP contribution in [0.25, 0.3) is 42.3 Å². The Morgan fingerprint density at radius 3 is 2.60 bits per heavy atom. The largest absolute Gasteiger partial charge is 0.214 e. The van der Waals surface area contributed by atoms with Crippen molar-refractivity contribution in [3.8, 4) is 11.3 Å². The highest BCUT2D eigenvalue weighted by atomic mass is 32.1. The number of benzene rings is 3. The molecule has 0 saturated heterocycles. The summed E-state index contributed by atoms with van der Waals surface area (Å²) in [5.74, 6) is 0. The van der Waals surface area contributed by atoms with Gasteiger partial charge in [0.1, 0.15) is 0 Å². The number of thiophene rings is 1. The summed E-state index contributed by atoms with van der Waals surface area (Å²) in [4.78, 5) is 0. The molecule has 0 radical (unpaired) electrons. The number of pyridine rings is 1. The molecule has 2 aromatic heterocycles. The lowest BCUT2D eigenvalue weighted by Gasteiger charge is -2.04. The van der Waals surface area contributed by atoms with E-state index in [-0.39, 0.29) is 0 Å². The molecule has 1 unspecified atom stereocenters. The van der Waals surface area contributed by atoms with Gasteiger partial charge in [-0.2, -0.15) is 4.57 Å². The predicted molar refractivity (Wildman–Crippen MR) is 106 cm³/mol. The Labute approximate surface area is 149 Å². The zero-order chi connectivity index (χ0) is 16.5. The van der Waals surface area contributed by atoms with Crippen molar-refractivity contribution in [1.82, 2.24) is 0 Å². The van der Waals surface area contributed by atoms with Gasteiger partial charge >= 0.3 is 0 Å². The molecule has 0 aliphatic carbocycles. The van der Waals surface area contributed by atoms with E-state index < -0.39 is 0 Å². The number of hydrogen-bond acceptors (Lipinski definition) is 1. The van der Waals surface area contributed by atoms with Crippen LogP contribution in [0.5, 0.6) is 0 Å². The molecule has 0 saturated carbocycles. The van der Waals surface area contributed by atoms with Crippen molar-refractivity contribution < 1.29 is 4.57 Å². The minimum atomic E-state index is 0.366. The molecule has 0 bridgehead atoms. The van der Waals surface area contributed by atoms with Crippen LogP contribution in [0.15, 0.2) is 72.8 Å². The molecule has 1 aliphatic heterocycles. The van der Waals surface area contributed by atoms with Crippen LogP contribution in [0, 0.1) is 0 Å². The lowest BCUT2D eigenvalue weighted by molar-refractivity contribution is -0.668. The van der Waals surface area contributed by atoms with E-state index in [0.717, 1.165) is 0 Å². The van der Waals surface area contributed by atoms with Gasteiger partial charge in [0.2, 0.25) is 11.2 Å². The molecule has 1 atom stereocenters. The summed E-state index contributed by atoms with van der Waals surface area (Å²) < 4.78 is 5.26. The molecule has 0 amide bonds. The average Bonchev–Trinajstić information content (AvgIpc) is 3.16. The van der Waals surface area contributed by atoms with E-state index in [1.54, 1.807) is 0 Å². The van der Waals surface area contributed by atoms with Gasteiger partial charge in [-0.25, -0.2) is 0 Å². The second-order valence-corrected chi connectivity index (χ2v) is 7.94. The van der Waals surface area contributed by atoms with Gasteiger partial charge in [-0.1, -0.05) is 30.3 Å². The van der Waals surface area contributed by atoms with Gasteiger partial charge in [0.05, 0.1) is 5.56 Å². The number of aromatic nitrogens is 1. The molecule has 6 rings (SSSR count). The van der Waals surface area contributed by atoms with E-state index >= 15 is 0 Å². The lowest BCUT2D eigenvalue weighted by atomic mass is 10.0. The highest BCUT2D eigenvalue weighted by molar-refractivity contribution is 7.25. The second kappa shape index (κ2) is 4.68. The summed E-state index contributed by atoms with van der Waals surface area (Å²) in [5, 5.41) is 4.06. The Kier molecular flexibility index (Phi) is 2.54. The van der Waals surface area contributed by atoms with Crippen LogP contribution in [0.2, 0.25) is 0 Å². The Hall–Kier alpha value is -2.71. The Bertz CT molecular complexity index is 1310. The second-order valence-electron chi connectivity index (χ2n) is 6.86. The van der Waals surface area contributed by atoms with Crippen LogP contribution in [-0.2, 0) is 0 Å². The van der Waals surface area contributed by atoms with Gasteiger partial charge in [-0.15, -0.1) is 11.3 Å². The van der Waals surface area contributed by atoms with Crippen molar-refractivity contribution in [2.75, 3.05) is 0 Å². The maximum atomic E-state index is 2.49. The van der Waals surface area contributed by atoms with Crippen molar-refractivity contribution >= 4 is 42.4 Å². The molecule has 5 aromatic rings. The summed E-state index contributed by atoms with van der Waals surface area (Å²) in [6, 6.07) is 27.2. The van der Waals surface area contributed by atoms with Crippen molar-refractivity contribution in [2.24, 2.45) is 0 Å². The fraction of sp³-hybridized carbons (Fsp3) is 0.0870. The summed E-state index contributed by atoms with van der Waals surface area (Å²) in [7, 11) is 0. The predicted octanol–water partition coefficient (Wildman–Crippen LogP) is 6.08. The lowest BCUT2D eigenvalue weighted by Crippen LogP contribution is -2.37. The standard InChI is InChI=1S/C23H16NS/c1-14-17-13-23-19(16-7-3-5-9-22(16)25-23)12-18(17)21-11-10-15-6-2-4-8-20(15)24(14)21/h2-14H,1H3/q+1. The number of nitrogens with zero attached hydrogens (tertiary/aromatic N) is 1. The van der Waals surface area contributed by atoms with E-state index in [1.165, 1.54) is 47.9 Å². The monoisotopic (exact) mass is 338 g/mol. The summed E-state index contributed by atoms with van der Waals surface area (Å²) in [6.45, 7) is 2.32. The van der Waals surface area contributed by atoms with Gasteiger partial charge in [0.25, 0.3) is 0 Å². The van der Waals surface area contributed by atoms with Gasteiger partial charge in [-0.05, 0) is 30.3 Å². The minimum absolute atomic E-state index is 0.366. The van der Waals surface area contributed by atoms with Gasteiger partial charge in [-0.3, -0.25) is 0 Å². The van der Waals surface area contributed by atoms with E-state index in [0.29, 0.717) is 6.04 Å². The smallest absolute Gasteiger partial charge is 0.184 e. The van der Waals surface area contributed by atoms with E-state index in [1.807, 2.05) is 11.3 Å². The van der Waals surface area contributed by atoms with E-state index in [2.05, 4.69) is 84.3 Å². The first kappa shape index (κ1) is 13.6. The van der Waals surface area contributed by atoms with Gasteiger partial charge < -0.3 is 0 Å². The maximum absolute atomic E-state index is 2.49. The first-order chi connectivity index (χ1) is 12.3. The third-order valence-electron chi connectivity index (χ3n) is 5.54. The molecular weight excluding hydrogens is 322 g/mol. The number of para-hydroxylation sites is 1. The number of fused-ring (bicyclic) bond motifs is 8. The summed E-state index contributed by atoms with van der Waals surface area (Å²) >= 11 is 1.90. The summed E-state index contributed by atoms with van der Waals surface area (Å²) in [5.41, 5.74) is 5.47. The van der Waals surface area contributed by atoms with Crippen LogP contribution in [-0.4, -0.2) is 0 Å².